The van der Waals surface area contributed by atoms with Crippen molar-refractivity contribution in [2.45, 2.75) is 26.2 Å². The van der Waals surface area contributed by atoms with E-state index in [9.17, 15) is 9.90 Å². The molecule has 0 aliphatic carbocycles. The van der Waals surface area contributed by atoms with E-state index >= 15 is 0 Å². The predicted molar refractivity (Wildman–Crippen MR) is 95.4 cm³/mol. The van der Waals surface area contributed by atoms with E-state index < -0.39 is 0 Å². The molecule has 23 heavy (non-hydrogen) atoms. The smallest absolute Gasteiger partial charge is 0.321 e. The summed E-state index contributed by atoms with van der Waals surface area (Å²) in [6, 6.07) is 5.38. The molecule has 0 aromatic heterocycles. The maximum absolute atomic E-state index is 12.5. The Morgan fingerprint density at radius 1 is 1.39 bits per heavy atom. The molecule has 128 valence electrons. The Kier molecular flexibility index (Phi) is 5.76. The molecule has 2 amide bonds. The Morgan fingerprint density at radius 2 is 2.04 bits per heavy atom. The van der Waals surface area contributed by atoms with E-state index in [1.165, 1.54) is 0 Å². The molecule has 1 aromatic carbocycles. The van der Waals surface area contributed by atoms with E-state index in [-0.39, 0.29) is 18.1 Å². The summed E-state index contributed by atoms with van der Waals surface area (Å²) in [5.41, 5.74) is 1.49. The number of likely N-dealkylation sites (tertiary alicyclic amines) is 1. The molecule has 0 unspecified atom stereocenters. The highest BCUT2D eigenvalue weighted by Crippen LogP contribution is 2.35. The molecule has 1 aliphatic heterocycles. The van der Waals surface area contributed by atoms with Crippen LogP contribution in [-0.2, 0) is 0 Å². The highest BCUT2D eigenvalue weighted by Gasteiger charge is 2.34. The van der Waals surface area contributed by atoms with Crippen LogP contribution in [0.4, 0.5) is 16.2 Å². The number of para-hydroxylation sites is 1. The van der Waals surface area contributed by atoms with Crippen LogP contribution in [0.3, 0.4) is 0 Å². The van der Waals surface area contributed by atoms with Crippen LogP contribution < -0.4 is 10.2 Å². The van der Waals surface area contributed by atoms with Crippen LogP contribution in [0.5, 0.6) is 0 Å². The summed E-state index contributed by atoms with van der Waals surface area (Å²) in [5.74, 6) is 0. The third kappa shape index (κ3) is 3.90. The van der Waals surface area contributed by atoms with Crippen molar-refractivity contribution in [2.24, 2.45) is 5.41 Å². The van der Waals surface area contributed by atoms with Crippen LogP contribution in [-0.4, -0.2) is 49.8 Å². The minimum absolute atomic E-state index is 0.0262. The molecule has 2 N–H and O–H groups in total. The number of urea groups is 1. The summed E-state index contributed by atoms with van der Waals surface area (Å²) in [6.07, 6.45) is 2.62. The highest BCUT2D eigenvalue weighted by atomic mass is 35.5. The van der Waals surface area contributed by atoms with Crippen LogP contribution >= 0.6 is 11.6 Å². The maximum atomic E-state index is 12.5. The lowest BCUT2D eigenvalue weighted by molar-refractivity contribution is 0.0542. The average molecular weight is 340 g/mol. The molecule has 0 atom stereocenters. The molecule has 5 nitrogen and oxygen atoms in total. The molecule has 2 rings (SSSR count). The van der Waals surface area contributed by atoms with Crippen molar-refractivity contribution < 1.29 is 9.90 Å². The van der Waals surface area contributed by atoms with Crippen molar-refractivity contribution in [3.63, 3.8) is 0 Å². The lowest BCUT2D eigenvalue weighted by atomic mass is 9.77. The van der Waals surface area contributed by atoms with Crippen molar-refractivity contribution in [1.82, 2.24) is 4.90 Å². The van der Waals surface area contributed by atoms with Gasteiger partial charge in [-0.3, -0.25) is 0 Å². The van der Waals surface area contributed by atoms with Gasteiger partial charge in [-0.1, -0.05) is 24.6 Å². The summed E-state index contributed by atoms with van der Waals surface area (Å²) < 4.78 is 0. The number of carbonyl (C=O) groups is 1. The van der Waals surface area contributed by atoms with E-state index in [0.717, 1.165) is 24.9 Å². The van der Waals surface area contributed by atoms with E-state index in [1.807, 2.05) is 42.1 Å². The molecule has 0 radical (unpaired) electrons. The first-order chi connectivity index (χ1) is 10.9. The van der Waals surface area contributed by atoms with E-state index in [1.54, 1.807) is 0 Å². The lowest BCUT2D eigenvalue weighted by Crippen LogP contribution is -2.46. The Hall–Kier alpha value is -1.46. The van der Waals surface area contributed by atoms with Crippen molar-refractivity contribution in [3.05, 3.63) is 23.2 Å². The average Bonchev–Trinajstić information content (AvgIpc) is 2.54. The van der Waals surface area contributed by atoms with Crippen LogP contribution in [0.2, 0.25) is 5.02 Å². The normalized spacial score (nSPS) is 17.0. The third-order valence-corrected chi connectivity index (χ3v) is 5.18. The quantitative estimate of drug-likeness (QED) is 0.883. The van der Waals surface area contributed by atoms with Gasteiger partial charge < -0.3 is 20.2 Å². The van der Waals surface area contributed by atoms with Crippen LogP contribution in [0.1, 0.15) is 26.2 Å². The number of nitrogens with one attached hydrogen (secondary N) is 1. The first-order valence-electron chi connectivity index (χ1n) is 8.05. The van der Waals surface area contributed by atoms with E-state index in [0.29, 0.717) is 23.8 Å². The molecule has 1 aliphatic rings. The van der Waals surface area contributed by atoms with Gasteiger partial charge in [0.2, 0.25) is 0 Å². The summed E-state index contributed by atoms with van der Waals surface area (Å²) in [7, 11) is 3.79. The number of hydrogen-bond acceptors (Lipinski definition) is 3. The molecule has 0 spiro atoms. The summed E-state index contributed by atoms with van der Waals surface area (Å²) in [5, 5.41) is 13.2. The number of aliphatic hydroxyl groups is 1. The molecular weight excluding hydrogens is 314 g/mol. The fraction of sp³-hybridized carbons (Fsp3) is 0.588. The Bertz CT molecular complexity index is 549. The SMILES string of the molecule is CCC1(CO)CCN(C(=O)Nc2cccc(Cl)c2N(C)C)CC1. The zero-order chi connectivity index (χ0) is 17.0. The zero-order valence-corrected chi connectivity index (χ0v) is 14.9. The zero-order valence-electron chi connectivity index (χ0n) is 14.1. The monoisotopic (exact) mass is 339 g/mol. The number of amides is 2. The van der Waals surface area contributed by atoms with Gasteiger partial charge in [-0.2, -0.15) is 0 Å². The number of aliphatic hydroxyl groups excluding tert-OH is 1. The fourth-order valence-electron chi connectivity index (χ4n) is 3.07. The second kappa shape index (κ2) is 7.41. The number of hydrogen-bond donors (Lipinski definition) is 2. The predicted octanol–water partition coefficient (Wildman–Crippen LogP) is 3.42. The van der Waals surface area contributed by atoms with Gasteiger partial charge in [0, 0.05) is 33.8 Å². The second-order valence-electron chi connectivity index (χ2n) is 6.46. The minimum atomic E-state index is -0.113. The lowest BCUT2D eigenvalue weighted by Gasteiger charge is -2.40. The van der Waals surface area contributed by atoms with Crippen molar-refractivity contribution in [2.75, 3.05) is 44.0 Å². The van der Waals surface area contributed by atoms with Crippen LogP contribution in [0, 0.1) is 5.41 Å². The van der Waals surface area contributed by atoms with Gasteiger partial charge in [0.15, 0.2) is 0 Å². The molecule has 1 aromatic rings. The first-order valence-corrected chi connectivity index (χ1v) is 8.43. The Labute approximate surface area is 143 Å². The number of piperidine rings is 1. The second-order valence-corrected chi connectivity index (χ2v) is 6.87. The summed E-state index contributed by atoms with van der Waals surface area (Å²) >= 11 is 6.23. The number of nitrogens with zero attached hydrogens (tertiary/aromatic N) is 2. The summed E-state index contributed by atoms with van der Waals surface area (Å²) in [4.78, 5) is 16.2. The number of benzene rings is 1. The van der Waals surface area contributed by atoms with Gasteiger partial charge in [-0.05, 0) is 36.8 Å². The maximum Gasteiger partial charge on any atom is 0.321 e. The van der Waals surface area contributed by atoms with E-state index in [4.69, 9.17) is 11.6 Å². The van der Waals surface area contributed by atoms with Crippen molar-refractivity contribution >= 4 is 29.0 Å². The van der Waals surface area contributed by atoms with Gasteiger partial charge in [0.05, 0.1) is 16.4 Å². The number of halogens is 1. The van der Waals surface area contributed by atoms with Gasteiger partial charge in [-0.15, -0.1) is 0 Å². The number of carbonyl (C=O) groups excluding carboxylic acids is 1. The van der Waals surface area contributed by atoms with Crippen molar-refractivity contribution in [3.8, 4) is 0 Å². The van der Waals surface area contributed by atoms with Crippen molar-refractivity contribution in [1.29, 1.82) is 0 Å². The topological polar surface area (TPSA) is 55.8 Å². The van der Waals surface area contributed by atoms with Gasteiger partial charge in [0.1, 0.15) is 0 Å². The minimum Gasteiger partial charge on any atom is -0.396 e. The largest absolute Gasteiger partial charge is 0.396 e. The highest BCUT2D eigenvalue weighted by molar-refractivity contribution is 6.34. The van der Waals surface area contributed by atoms with Gasteiger partial charge >= 0.3 is 6.03 Å². The standard InChI is InChI=1S/C17H26ClN3O2/c1-4-17(12-22)8-10-21(11-9-17)16(23)19-14-7-5-6-13(18)15(14)20(2)3/h5-7,22H,4,8-12H2,1-3H3,(H,19,23). The molecule has 1 fully saturated rings. The first kappa shape index (κ1) is 17.9. The number of anilines is 2. The van der Waals surface area contributed by atoms with Crippen LogP contribution in [0.25, 0.3) is 0 Å². The van der Waals surface area contributed by atoms with E-state index in [2.05, 4.69) is 12.2 Å². The Morgan fingerprint density at radius 3 is 2.57 bits per heavy atom. The Balaban J connectivity index is 2.06. The molecular formula is C17H26ClN3O2. The molecule has 6 heteroatoms. The van der Waals surface area contributed by atoms with Crippen LogP contribution in [0.15, 0.2) is 18.2 Å². The molecule has 1 saturated heterocycles. The molecule has 0 bridgehead atoms. The third-order valence-electron chi connectivity index (χ3n) is 4.87. The van der Waals surface area contributed by atoms with Gasteiger partial charge in [-0.25, -0.2) is 4.79 Å². The summed E-state index contributed by atoms with van der Waals surface area (Å²) in [6.45, 7) is 3.62. The molecule has 0 saturated carbocycles. The van der Waals surface area contributed by atoms with Gasteiger partial charge in [0.25, 0.3) is 0 Å². The fourth-order valence-corrected chi connectivity index (χ4v) is 3.42. The number of rotatable bonds is 4. The molecule has 1 heterocycles.